The topological polar surface area (TPSA) is 49.8 Å². The van der Waals surface area contributed by atoms with E-state index in [1.165, 1.54) is 5.56 Å². The molecule has 106 valence electrons. The summed E-state index contributed by atoms with van der Waals surface area (Å²) in [7, 11) is 3.57. The van der Waals surface area contributed by atoms with Crippen molar-refractivity contribution in [2.45, 2.75) is 27.3 Å². The van der Waals surface area contributed by atoms with Gasteiger partial charge in [0.2, 0.25) is 0 Å². The van der Waals surface area contributed by atoms with Gasteiger partial charge in [-0.3, -0.25) is 4.79 Å². The fourth-order valence-corrected chi connectivity index (χ4v) is 2.12. The fraction of sp³-hybridized carbons (Fsp3) is 0.533. The summed E-state index contributed by atoms with van der Waals surface area (Å²) in [6.45, 7) is 6.66. The summed E-state index contributed by atoms with van der Waals surface area (Å²) in [5.41, 5.74) is 1.49. The Bertz CT molecular complexity index is 455. The molecule has 1 aromatic carbocycles. The van der Waals surface area contributed by atoms with Crippen LogP contribution in [-0.2, 0) is 11.3 Å². The average molecular weight is 265 g/mol. The second kappa shape index (κ2) is 6.06. The molecule has 1 aromatic rings. The Morgan fingerprint density at radius 1 is 1.42 bits per heavy atom. The molecule has 0 bridgehead atoms. The minimum atomic E-state index is -0.782. The highest BCUT2D eigenvalue weighted by Gasteiger charge is 2.28. The van der Waals surface area contributed by atoms with E-state index >= 15 is 0 Å². The molecule has 0 amide bonds. The lowest BCUT2D eigenvalue weighted by molar-refractivity contribution is -0.147. The molecule has 0 heterocycles. The zero-order valence-electron chi connectivity index (χ0n) is 12.4. The molecule has 0 unspecified atom stereocenters. The number of aliphatic carboxylic acids is 1. The van der Waals surface area contributed by atoms with Crippen molar-refractivity contribution in [2.75, 3.05) is 20.7 Å². The molecule has 0 saturated carbocycles. The first-order chi connectivity index (χ1) is 8.76. The quantitative estimate of drug-likeness (QED) is 0.858. The van der Waals surface area contributed by atoms with Crippen molar-refractivity contribution in [1.29, 1.82) is 0 Å². The van der Waals surface area contributed by atoms with E-state index in [-0.39, 0.29) is 0 Å². The number of aryl methyl sites for hydroxylation is 1. The van der Waals surface area contributed by atoms with Crippen molar-refractivity contribution in [2.24, 2.45) is 5.41 Å². The van der Waals surface area contributed by atoms with Gasteiger partial charge < -0.3 is 14.7 Å². The van der Waals surface area contributed by atoms with E-state index in [9.17, 15) is 4.79 Å². The molecule has 4 nitrogen and oxygen atoms in total. The van der Waals surface area contributed by atoms with E-state index < -0.39 is 11.4 Å². The van der Waals surface area contributed by atoms with Gasteiger partial charge in [-0.25, -0.2) is 0 Å². The zero-order valence-corrected chi connectivity index (χ0v) is 12.4. The van der Waals surface area contributed by atoms with E-state index in [1.807, 2.05) is 31.0 Å². The molecule has 1 N–H and O–H groups in total. The van der Waals surface area contributed by atoms with Gasteiger partial charge in [0.15, 0.2) is 0 Å². The maximum atomic E-state index is 11.1. The Morgan fingerprint density at radius 3 is 2.58 bits per heavy atom. The van der Waals surface area contributed by atoms with E-state index in [0.717, 1.165) is 11.3 Å². The van der Waals surface area contributed by atoms with Gasteiger partial charge in [0.25, 0.3) is 0 Å². The summed E-state index contributed by atoms with van der Waals surface area (Å²) in [4.78, 5) is 13.1. The third-order valence-corrected chi connectivity index (χ3v) is 3.12. The van der Waals surface area contributed by atoms with Crippen LogP contribution < -0.4 is 4.74 Å². The van der Waals surface area contributed by atoms with Crippen LogP contribution in [0.2, 0.25) is 0 Å². The van der Waals surface area contributed by atoms with Gasteiger partial charge in [0.05, 0.1) is 12.5 Å². The fourth-order valence-electron chi connectivity index (χ4n) is 2.12. The first-order valence-corrected chi connectivity index (χ1v) is 6.31. The third-order valence-electron chi connectivity index (χ3n) is 3.12. The monoisotopic (exact) mass is 265 g/mol. The summed E-state index contributed by atoms with van der Waals surface area (Å²) < 4.78 is 5.34. The number of nitrogens with zero attached hydrogens (tertiary/aromatic N) is 1. The molecule has 0 atom stereocenters. The van der Waals surface area contributed by atoms with Gasteiger partial charge in [-0.05, 0) is 33.9 Å². The van der Waals surface area contributed by atoms with Crippen LogP contribution in [0.25, 0.3) is 0 Å². The number of ether oxygens (including phenoxy) is 1. The maximum Gasteiger partial charge on any atom is 0.310 e. The van der Waals surface area contributed by atoms with Gasteiger partial charge in [-0.15, -0.1) is 0 Å². The molecule has 0 radical (unpaired) electrons. The van der Waals surface area contributed by atoms with Crippen LogP contribution in [0.1, 0.15) is 25.0 Å². The number of benzene rings is 1. The smallest absolute Gasteiger partial charge is 0.310 e. The zero-order chi connectivity index (χ0) is 14.6. The van der Waals surface area contributed by atoms with Gasteiger partial charge in [-0.1, -0.05) is 17.7 Å². The number of hydrogen-bond acceptors (Lipinski definition) is 3. The predicted octanol–water partition coefficient (Wildman–Crippen LogP) is 2.55. The highest BCUT2D eigenvalue weighted by atomic mass is 16.5. The van der Waals surface area contributed by atoms with Crippen molar-refractivity contribution in [3.63, 3.8) is 0 Å². The van der Waals surface area contributed by atoms with Crippen LogP contribution in [0.4, 0.5) is 0 Å². The van der Waals surface area contributed by atoms with Crippen molar-refractivity contribution >= 4 is 5.97 Å². The van der Waals surface area contributed by atoms with Crippen LogP contribution in [0.15, 0.2) is 18.2 Å². The van der Waals surface area contributed by atoms with Crippen molar-refractivity contribution in [1.82, 2.24) is 4.90 Å². The molecule has 0 aliphatic heterocycles. The van der Waals surface area contributed by atoms with E-state index in [1.54, 1.807) is 21.0 Å². The summed E-state index contributed by atoms with van der Waals surface area (Å²) in [6, 6.07) is 6.02. The molecule has 0 aliphatic carbocycles. The molecule has 0 spiro atoms. The first kappa shape index (κ1) is 15.5. The van der Waals surface area contributed by atoms with Gasteiger partial charge in [0, 0.05) is 18.7 Å². The molecule has 0 fully saturated rings. The maximum absolute atomic E-state index is 11.1. The standard InChI is InChI=1S/C15H23NO3/c1-11-6-7-13(19-5)12(8-11)9-16(4)10-15(2,3)14(17)18/h6-8H,9-10H2,1-5H3,(H,17,18). The molecule has 0 aromatic heterocycles. The molecule has 19 heavy (non-hydrogen) atoms. The van der Waals surface area contributed by atoms with Crippen molar-refractivity contribution in [3.8, 4) is 5.75 Å². The lowest BCUT2D eigenvalue weighted by atomic mass is 9.93. The number of rotatable bonds is 6. The lowest BCUT2D eigenvalue weighted by Gasteiger charge is -2.27. The Hall–Kier alpha value is -1.55. The SMILES string of the molecule is COc1ccc(C)cc1CN(C)CC(C)(C)C(=O)O. The Labute approximate surface area is 115 Å². The van der Waals surface area contributed by atoms with Crippen LogP contribution in [0.5, 0.6) is 5.75 Å². The Morgan fingerprint density at radius 2 is 2.05 bits per heavy atom. The summed E-state index contributed by atoms with van der Waals surface area (Å²) >= 11 is 0. The van der Waals surface area contributed by atoms with Crippen molar-refractivity contribution < 1.29 is 14.6 Å². The minimum Gasteiger partial charge on any atom is -0.496 e. The molecule has 0 aliphatic rings. The molecular weight excluding hydrogens is 242 g/mol. The number of carbonyl (C=O) groups is 1. The highest BCUT2D eigenvalue weighted by Crippen LogP contribution is 2.23. The Kier molecular flexibility index (Phi) is 4.95. The predicted molar refractivity (Wildman–Crippen MR) is 75.5 cm³/mol. The van der Waals surface area contributed by atoms with Crippen LogP contribution in [0.3, 0.4) is 0 Å². The lowest BCUT2D eigenvalue weighted by Crippen LogP contribution is -2.37. The number of carboxylic acids is 1. The minimum absolute atomic E-state index is 0.486. The van der Waals surface area contributed by atoms with Gasteiger partial charge >= 0.3 is 5.97 Å². The van der Waals surface area contributed by atoms with E-state index in [2.05, 4.69) is 6.07 Å². The second-order valence-corrected chi connectivity index (χ2v) is 5.68. The number of methoxy groups -OCH3 is 1. The third kappa shape index (κ3) is 4.24. The van der Waals surface area contributed by atoms with Crippen molar-refractivity contribution in [3.05, 3.63) is 29.3 Å². The molecular formula is C15H23NO3. The summed E-state index contributed by atoms with van der Waals surface area (Å²) in [5.74, 6) is 0.0566. The van der Waals surface area contributed by atoms with Crippen LogP contribution >= 0.6 is 0 Å². The average Bonchev–Trinajstić information content (AvgIpc) is 2.28. The summed E-state index contributed by atoms with van der Waals surface area (Å²) in [5, 5.41) is 9.15. The van der Waals surface area contributed by atoms with E-state index in [0.29, 0.717) is 13.1 Å². The second-order valence-electron chi connectivity index (χ2n) is 5.68. The van der Waals surface area contributed by atoms with E-state index in [4.69, 9.17) is 9.84 Å². The Balaban J connectivity index is 2.79. The molecule has 4 heteroatoms. The molecule has 0 saturated heterocycles. The van der Waals surface area contributed by atoms with Crippen LogP contribution in [0, 0.1) is 12.3 Å². The summed E-state index contributed by atoms with van der Waals surface area (Å²) in [6.07, 6.45) is 0. The highest BCUT2D eigenvalue weighted by molar-refractivity contribution is 5.73. The normalized spacial score (nSPS) is 11.7. The number of hydrogen-bond donors (Lipinski definition) is 1. The van der Waals surface area contributed by atoms with Gasteiger partial charge in [0.1, 0.15) is 5.75 Å². The molecule has 1 rings (SSSR count). The first-order valence-electron chi connectivity index (χ1n) is 6.31. The largest absolute Gasteiger partial charge is 0.496 e. The number of carboxylic acid groups (broad SMARTS) is 1. The van der Waals surface area contributed by atoms with Crippen LogP contribution in [-0.4, -0.2) is 36.7 Å². The van der Waals surface area contributed by atoms with Gasteiger partial charge in [-0.2, -0.15) is 0 Å².